The molecule has 3 rings (SSSR count). The van der Waals surface area contributed by atoms with Crippen molar-refractivity contribution in [2.75, 3.05) is 13.2 Å². The molecule has 10 heteroatoms. The molecule has 1 aliphatic rings. The maximum Gasteiger partial charge on any atom is 0.275 e. The number of azide groups is 1. The zero-order valence-electron chi connectivity index (χ0n) is 17.6. The van der Waals surface area contributed by atoms with Gasteiger partial charge in [-0.05, 0) is 47.8 Å². The van der Waals surface area contributed by atoms with Gasteiger partial charge in [0, 0.05) is 29.9 Å². The molecule has 32 heavy (non-hydrogen) atoms. The maximum atomic E-state index is 12.8. The predicted octanol–water partition coefficient (Wildman–Crippen LogP) is 2.91. The van der Waals surface area contributed by atoms with Gasteiger partial charge in [0.25, 0.3) is 5.91 Å². The summed E-state index contributed by atoms with van der Waals surface area (Å²) in [6.07, 6.45) is 0.0103. The lowest BCUT2D eigenvalue weighted by Crippen LogP contribution is -2.51. The molecule has 0 unspecified atom stereocenters. The number of nitrogens with zero attached hydrogens (tertiary/aromatic N) is 4. The third-order valence-corrected chi connectivity index (χ3v) is 5.31. The highest BCUT2D eigenvalue weighted by Gasteiger charge is 2.50. The second-order valence-corrected chi connectivity index (χ2v) is 7.33. The second-order valence-electron chi connectivity index (χ2n) is 7.33. The van der Waals surface area contributed by atoms with E-state index in [9.17, 15) is 10.0 Å². The first-order chi connectivity index (χ1) is 15.5. The van der Waals surface area contributed by atoms with E-state index in [0.29, 0.717) is 24.3 Å². The summed E-state index contributed by atoms with van der Waals surface area (Å²) < 4.78 is 11.5. The Hall–Kier alpha value is -3.59. The highest BCUT2D eigenvalue weighted by Crippen LogP contribution is 2.33. The van der Waals surface area contributed by atoms with Crippen LogP contribution in [0.25, 0.3) is 10.4 Å². The molecule has 0 saturated carbocycles. The number of hydroxylamine groups is 1. The van der Waals surface area contributed by atoms with Crippen molar-refractivity contribution in [3.63, 3.8) is 0 Å². The van der Waals surface area contributed by atoms with Gasteiger partial charge >= 0.3 is 0 Å². The number of aliphatic hydroxyl groups is 1. The lowest BCUT2D eigenvalue weighted by Gasteiger charge is -2.27. The van der Waals surface area contributed by atoms with Crippen LogP contribution in [0.15, 0.2) is 58.6 Å². The normalized spacial score (nSPS) is 19.5. The van der Waals surface area contributed by atoms with Gasteiger partial charge in [-0.25, -0.2) is 10.5 Å². The molecule has 2 aromatic rings. The molecular weight excluding hydrogens is 414 g/mol. The first kappa shape index (κ1) is 23.1. The molecule has 2 aromatic carbocycles. The summed E-state index contributed by atoms with van der Waals surface area (Å²) in [7, 11) is 0. The number of carbonyl (C=O) groups is 1. The first-order valence-electron chi connectivity index (χ1n) is 10.2. The van der Waals surface area contributed by atoms with Gasteiger partial charge in [-0.3, -0.25) is 10.0 Å². The van der Waals surface area contributed by atoms with E-state index in [4.69, 9.17) is 20.1 Å². The highest BCUT2D eigenvalue weighted by molar-refractivity contribution is 6.00. The van der Waals surface area contributed by atoms with Crippen molar-refractivity contribution in [2.45, 2.75) is 38.0 Å². The molecule has 168 valence electrons. The van der Waals surface area contributed by atoms with Gasteiger partial charge in [0.2, 0.25) is 5.90 Å². The molecule has 0 aliphatic carbocycles. The Morgan fingerprint density at radius 2 is 2.00 bits per heavy atom. The van der Waals surface area contributed by atoms with Gasteiger partial charge in [-0.1, -0.05) is 29.4 Å². The molecule has 1 heterocycles. The topological polar surface area (TPSA) is 149 Å². The highest BCUT2D eigenvalue weighted by atomic mass is 16.5. The minimum Gasteiger partial charge on any atom is -0.494 e. The van der Waals surface area contributed by atoms with Crippen LogP contribution in [0.5, 0.6) is 5.75 Å². The van der Waals surface area contributed by atoms with Crippen LogP contribution in [-0.2, 0) is 22.5 Å². The summed E-state index contributed by atoms with van der Waals surface area (Å²) in [5.74, 6) is 0.221. The lowest BCUT2D eigenvalue weighted by molar-refractivity contribution is -0.136. The number of hydrogen-bond acceptors (Lipinski definition) is 7. The molecule has 0 aromatic heterocycles. The Morgan fingerprint density at radius 1 is 1.28 bits per heavy atom. The van der Waals surface area contributed by atoms with Crippen molar-refractivity contribution in [3.05, 3.63) is 75.7 Å². The molecular formula is C22H25N5O5. The summed E-state index contributed by atoms with van der Waals surface area (Å²) in [6, 6.07) is 14.3. The average molecular weight is 439 g/mol. The van der Waals surface area contributed by atoms with Crippen LogP contribution in [-0.4, -0.2) is 47.0 Å². The van der Waals surface area contributed by atoms with E-state index in [2.05, 4.69) is 15.0 Å². The van der Waals surface area contributed by atoms with E-state index < -0.39 is 17.6 Å². The average Bonchev–Trinajstić information content (AvgIpc) is 3.15. The van der Waals surface area contributed by atoms with Crippen LogP contribution in [0.1, 0.15) is 30.0 Å². The van der Waals surface area contributed by atoms with Crippen molar-refractivity contribution in [1.82, 2.24) is 5.48 Å². The van der Waals surface area contributed by atoms with Gasteiger partial charge in [-0.2, -0.15) is 0 Å². The smallest absolute Gasteiger partial charge is 0.275 e. The Bertz CT molecular complexity index is 1020. The SMILES string of the molecule is C[C@@H]1OC(c2ccc(OCCCO)cc2)=N[C@]1(Cc1ccccc1CN=[N+]=[N-])C(=O)NO. The van der Waals surface area contributed by atoms with Crippen LogP contribution in [0, 0.1) is 0 Å². The van der Waals surface area contributed by atoms with E-state index in [1.807, 2.05) is 24.3 Å². The van der Waals surface area contributed by atoms with Crippen molar-refractivity contribution in [2.24, 2.45) is 10.1 Å². The number of benzene rings is 2. The van der Waals surface area contributed by atoms with Gasteiger partial charge in [0.05, 0.1) is 13.2 Å². The summed E-state index contributed by atoms with van der Waals surface area (Å²) in [5.41, 5.74) is 11.1. The molecule has 10 nitrogen and oxygen atoms in total. The third kappa shape index (κ3) is 5.00. The Kier molecular flexibility index (Phi) is 7.67. The van der Waals surface area contributed by atoms with Gasteiger partial charge in [-0.15, -0.1) is 0 Å². The zero-order valence-corrected chi connectivity index (χ0v) is 17.6. The number of carbonyl (C=O) groups excluding carboxylic acids is 1. The van der Waals surface area contributed by atoms with E-state index in [-0.39, 0.29) is 25.5 Å². The fraction of sp³-hybridized carbons (Fsp3) is 0.364. The second kappa shape index (κ2) is 10.6. The number of amides is 1. The summed E-state index contributed by atoms with van der Waals surface area (Å²) in [5, 5.41) is 21.9. The molecule has 3 N–H and O–H groups in total. The van der Waals surface area contributed by atoms with Crippen LogP contribution in [0.4, 0.5) is 0 Å². The van der Waals surface area contributed by atoms with E-state index in [1.54, 1.807) is 36.7 Å². The number of aliphatic hydroxyl groups excluding tert-OH is 1. The van der Waals surface area contributed by atoms with E-state index in [1.165, 1.54) is 0 Å². The molecule has 1 aliphatic heterocycles. The van der Waals surface area contributed by atoms with Crippen LogP contribution in [0.2, 0.25) is 0 Å². The minimum absolute atomic E-state index is 0.0572. The molecule has 0 spiro atoms. The predicted molar refractivity (Wildman–Crippen MR) is 116 cm³/mol. The number of hydrogen-bond donors (Lipinski definition) is 3. The molecule has 0 saturated heterocycles. The number of ether oxygens (including phenoxy) is 2. The van der Waals surface area contributed by atoms with Crippen molar-refractivity contribution < 1.29 is 24.6 Å². The van der Waals surface area contributed by atoms with Crippen LogP contribution >= 0.6 is 0 Å². The van der Waals surface area contributed by atoms with Crippen LogP contribution in [0.3, 0.4) is 0 Å². The van der Waals surface area contributed by atoms with Gasteiger partial charge < -0.3 is 14.6 Å². The molecule has 0 bridgehead atoms. The van der Waals surface area contributed by atoms with Crippen LogP contribution < -0.4 is 10.2 Å². The van der Waals surface area contributed by atoms with Crippen molar-refractivity contribution in [3.8, 4) is 5.75 Å². The van der Waals surface area contributed by atoms with E-state index >= 15 is 0 Å². The van der Waals surface area contributed by atoms with Gasteiger partial charge in [0.1, 0.15) is 11.9 Å². The van der Waals surface area contributed by atoms with E-state index in [0.717, 1.165) is 11.1 Å². The Morgan fingerprint density at radius 3 is 2.66 bits per heavy atom. The first-order valence-corrected chi connectivity index (χ1v) is 10.2. The molecule has 2 atom stereocenters. The summed E-state index contributed by atoms with van der Waals surface area (Å²) in [6.45, 7) is 2.31. The Balaban J connectivity index is 1.91. The summed E-state index contributed by atoms with van der Waals surface area (Å²) in [4.78, 5) is 20.2. The lowest BCUT2D eigenvalue weighted by atomic mass is 9.84. The number of nitrogens with one attached hydrogen (secondary N) is 1. The number of aliphatic imine (C=N–C) groups is 1. The fourth-order valence-electron chi connectivity index (χ4n) is 3.52. The summed E-state index contributed by atoms with van der Waals surface area (Å²) >= 11 is 0. The monoisotopic (exact) mass is 439 g/mol. The standard InChI is InChI=1S/C22H25N5O5/c1-15-22(21(29)26-30,13-17-5-2-3-6-18(17)14-24-27-23)25-20(32-15)16-7-9-19(10-8-16)31-12-4-11-28/h2-3,5-10,15,28,30H,4,11-14H2,1H3,(H,26,29)/t15-,22-/m0/s1. The molecule has 0 radical (unpaired) electrons. The minimum atomic E-state index is -1.41. The largest absolute Gasteiger partial charge is 0.494 e. The van der Waals surface area contributed by atoms with Crippen molar-refractivity contribution in [1.29, 1.82) is 0 Å². The maximum absolute atomic E-state index is 12.8. The zero-order chi connectivity index (χ0) is 23.0. The Labute approximate surface area is 185 Å². The molecule has 1 amide bonds. The fourth-order valence-corrected chi connectivity index (χ4v) is 3.52. The molecule has 0 fully saturated rings. The quantitative estimate of drug-likeness (QED) is 0.130. The van der Waals surface area contributed by atoms with Crippen molar-refractivity contribution >= 4 is 11.8 Å². The van der Waals surface area contributed by atoms with Gasteiger partial charge in [0.15, 0.2) is 5.54 Å². The number of rotatable bonds is 10. The third-order valence-electron chi connectivity index (χ3n) is 5.31.